The summed E-state index contributed by atoms with van der Waals surface area (Å²) < 4.78 is 35.4. The molecular formula is C54H60O5P2. The van der Waals surface area contributed by atoms with Crippen LogP contribution in [-0.2, 0) is 28.8 Å². The third kappa shape index (κ3) is 9.16. The maximum Gasteiger partial charge on any atom is 0.453 e. The quantitative estimate of drug-likeness (QED) is 0.156. The van der Waals surface area contributed by atoms with E-state index < -0.39 is 16.6 Å². The van der Waals surface area contributed by atoms with Gasteiger partial charge in [-0.25, -0.2) is 0 Å². The van der Waals surface area contributed by atoms with Crippen LogP contribution < -0.4 is 13.6 Å². The van der Waals surface area contributed by atoms with E-state index in [9.17, 15) is 0 Å². The molecular weight excluding hydrogens is 791 g/mol. The number of benzene rings is 6. The molecule has 0 saturated carbocycles. The summed E-state index contributed by atoms with van der Waals surface area (Å²) in [5.74, 6) is 2.38. The van der Waals surface area contributed by atoms with Crippen LogP contribution in [0.5, 0.6) is 17.2 Å². The third-order valence-electron chi connectivity index (χ3n) is 11.2. The lowest BCUT2D eigenvalue weighted by Crippen LogP contribution is -2.19. The van der Waals surface area contributed by atoms with Crippen molar-refractivity contribution in [2.45, 2.75) is 112 Å². The van der Waals surface area contributed by atoms with E-state index in [-0.39, 0.29) is 21.7 Å². The van der Waals surface area contributed by atoms with Gasteiger partial charge in [0.2, 0.25) is 0 Å². The molecule has 316 valence electrons. The summed E-state index contributed by atoms with van der Waals surface area (Å²) in [5, 5.41) is 1.94. The van der Waals surface area contributed by atoms with Crippen molar-refractivity contribution in [3.63, 3.8) is 0 Å². The molecule has 61 heavy (non-hydrogen) atoms. The van der Waals surface area contributed by atoms with Crippen LogP contribution in [0.15, 0.2) is 130 Å². The first-order valence-electron chi connectivity index (χ1n) is 21.4. The molecule has 0 bridgehead atoms. The van der Waals surface area contributed by atoms with Gasteiger partial charge in [-0.05, 0) is 80.7 Å². The average molecular weight is 851 g/mol. The van der Waals surface area contributed by atoms with Gasteiger partial charge in [0.1, 0.15) is 28.4 Å². The molecule has 0 saturated heterocycles. The first-order chi connectivity index (χ1) is 28.7. The number of hydrogen-bond acceptors (Lipinski definition) is 5. The van der Waals surface area contributed by atoms with Crippen LogP contribution >= 0.6 is 16.6 Å². The molecule has 1 aliphatic rings. The van der Waals surface area contributed by atoms with Crippen molar-refractivity contribution in [1.29, 1.82) is 0 Å². The Labute approximate surface area is 365 Å². The zero-order valence-corrected chi connectivity index (χ0v) is 39.7. The van der Waals surface area contributed by atoms with Crippen molar-refractivity contribution in [3.05, 3.63) is 149 Å². The van der Waals surface area contributed by atoms with Gasteiger partial charge in [0.05, 0.1) is 6.16 Å². The van der Waals surface area contributed by atoms with Gasteiger partial charge in [0.25, 0.3) is 8.38 Å². The molecule has 0 spiro atoms. The summed E-state index contributed by atoms with van der Waals surface area (Å²) in [6.45, 7) is 27.3. The molecule has 8 rings (SSSR count). The van der Waals surface area contributed by atoms with Crippen molar-refractivity contribution in [2.75, 3.05) is 0 Å². The predicted molar refractivity (Wildman–Crippen MR) is 257 cm³/mol. The fourth-order valence-corrected chi connectivity index (χ4v) is 10.7. The maximum atomic E-state index is 7.52. The van der Waals surface area contributed by atoms with Gasteiger partial charge in [-0.15, -0.1) is 0 Å². The number of rotatable bonds is 6. The molecule has 5 nitrogen and oxygen atoms in total. The Balaban J connectivity index is 1.43. The molecule has 0 aliphatic carbocycles. The first kappa shape index (κ1) is 42.7. The Hall–Kier alpha value is -4.95. The topological polar surface area (TPSA) is 54.0 Å². The second-order valence-electron chi connectivity index (χ2n) is 20.7. The van der Waals surface area contributed by atoms with E-state index in [1.54, 1.807) is 0 Å². The molecule has 0 fully saturated rings. The Kier molecular flexibility index (Phi) is 11.3. The lowest BCUT2D eigenvalue weighted by Gasteiger charge is -2.32. The SMILES string of the molecule is CC(C)(C)Cc1cc(-c2cc(C(C)(C)C)cc(C(C)(C)C)c2Op2oc3ccccc3c3ccccc3o2)c(OP2Cc3ccccc3-c3ccccc3O2)c(C(C)(C)C)c1. The monoisotopic (exact) mass is 850 g/mol. The Bertz CT molecular complexity index is 2680. The summed E-state index contributed by atoms with van der Waals surface area (Å²) in [6.07, 6.45) is 1.51. The smallest absolute Gasteiger partial charge is 0.438 e. The lowest BCUT2D eigenvalue weighted by molar-refractivity contribution is 0.410. The standard InChI is InChI=1S/C54H60O5P2/c1-51(2,3)33-35-29-42(49(44(30-35)53(7,8)9)58-60-34-36-21-13-14-22-38(36)39-23-15-18-26-46(39)55-60)43-31-37(52(4,5)6)32-45(54(10,11)12)50(43)59-61-56-47-27-19-16-24-40(47)41-25-17-20-28-48(41)57-61/h13-32H,33-34H2,1-12H3. The fourth-order valence-electron chi connectivity index (χ4n) is 8.13. The number of hydrogen-bond donors (Lipinski definition) is 0. The summed E-state index contributed by atoms with van der Waals surface area (Å²) in [7, 11) is -3.45. The van der Waals surface area contributed by atoms with Crippen LogP contribution in [-0.4, -0.2) is 0 Å². The summed E-state index contributed by atoms with van der Waals surface area (Å²) in [4.78, 5) is 0. The maximum absolute atomic E-state index is 7.52. The molecule has 0 N–H and O–H groups in total. The van der Waals surface area contributed by atoms with Crippen LogP contribution in [0.2, 0.25) is 0 Å². The first-order valence-corrected chi connectivity index (χ1v) is 23.9. The zero-order chi connectivity index (χ0) is 43.5. The van der Waals surface area contributed by atoms with E-state index in [1.807, 2.05) is 42.5 Å². The van der Waals surface area contributed by atoms with Gasteiger partial charge in [0, 0.05) is 38.6 Å². The summed E-state index contributed by atoms with van der Waals surface area (Å²) in [6, 6.07) is 42.5. The van der Waals surface area contributed by atoms with Crippen LogP contribution in [0.3, 0.4) is 0 Å². The minimum absolute atomic E-state index is 0.0336. The number of para-hydroxylation sites is 3. The zero-order valence-electron chi connectivity index (χ0n) is 37.9. The normalized spacial score (nSPS) is 14.5. The molecule has 1 atom stereocenters. The second kappa shape index (κ2) is 16.1. The summed E-state index contributed by atoms with van der Waals surface area (Å²) >= 11 is 0. The van der Waals surface area contributed by atoms with Gasteiger partial charge in [-0.1, -0.05) is 174 Å². The fraction of sp³-hybridized carbons (Fsp3) is 0.333. The largest absolute Gasteiger partial charge is 0.453 e. The highest BCUT2D eigenvalue weighted by molar-refractivity contribution is 7.47. The molecule has 0 amide bonds. The Morgan fingerprint density at radius 2 is 1.03 bits per heavy atom. The highest BCUT2D eigenvalue weighted by Gasteiger charge is 2.34. The van der Waals surface area contributed by atoms with Crippen molar-refractivity contribution in [2.24, 2.45) is 5.41 Å². The predicted octanol–water partition coefficient (Wildman–Crippen LogP) is 17.2. The van der Waals surface area contributed by atoms with Gasteiger partial charge < -0.3 is 22.0 Å². The van der Waals surface area contributed by atoms with Crippen molar-refractivity contribution in [1.82, 2.24) is 0 Å². The highest BCUT2D eigenvalue weighted by atomic mass is 31.2. The van der Waals surface area contributed by atoms with E-state index in [0.717, 1.165) is 73.4 Å². The molecule has 1 aromatic heterocycles. The van der Waals surface area contributed by atoms with Gasteiger partial charge >= 0.3 is 8.24 Å². The van der Waals surface area contributed by atoms with Crippen LogP contribution in [0.1, 0.15) is 111 Å². The average Bonchev–Trinajstić information content (AvgIpc) is 3.44. The lowest BCUT2D eigenvalue weighted by atomic mass is 9.76. The summed E-state index contributed by atoms with van der Waals surface area (Å²) in [5.41, 5.74) is 10.7. The van der Waals surface area contributed by atoms with Crippen molar-refractivity contribution >= 4 is 38.6 Å². The van der Waals surface area contributed by atoms with Gasteiger partial charge in [0.15, 0.2) is 0 Å². The third-order valence-corrected chi connectivity index (χ3v) is 13.6. The van der Waals surface area contributed by atoms with E-state index >= 15 is 0 Å². The van der Waals surface area contributed by atoms with Crippen LogP contribution in [0.4, 0.5) is 0 Å². The van der Waals surface area contributed by atoms with Crippen LogP contribution in [0, 0.1) is 5.41 Å². The Morgan fingerprint density at radius 3 is 1.64 bits per heavy atom. The van der Waals surface area contributed by atoms with Crippen molar-refractivity contribution in [3.8, 4) is 39.5 Å². The van der Waals surface area contributed by atoms with E-state index in [2.05, 4.69) is 162 Å². The van der Waals surface area contributed by atoms with Gasteiger partial charge in [-0.2, -0.15) is 0 Å². The van der Waals surface area contributed by atoms with E-state index in [1.165, 1.54) is 22.3 Å². The molecule has 7 aromatic rings. The number of fused-ring (bicyclic) bond motifs is 6. The molecule has 1 aliphatic heterocycles. The van der Waals surface area contributed by atoms with E-state index in [4.69, 9.17) is 22.0 Å². The van der Waals surface area contributed by atoms with Crippen molar-refractivity contribution < 1.29 is 22.0 Å². The van der Waals surface area contributed by atoms with E-state index in [0.29, 0.717) is 6.16 Å². The molecule has 7 heteroatoms. The second-order valence-corrected chi connectivity index (χ2v) is 23.1. The minimum atomic E-state index is -1.96. The molecule has 0 radical (unpaired) electrons. The molecule has 6 aromatic carbocycles. The Morgan fingerprint density at radius 1 is 0.508 bits per heavy atom. The highest BCUT2D eigenvalue weighted by Crippen LogP contribution is 2.57. The van der Waals surface area contributed by atoms with Crippen LogP contribution in [0.25, 0.3) is 44.2 Å². The van der Waals surface area contributed by atoms with Gasteiger partial charge in [-0.3, -0.25) is 0 Å². The minimum Gasteiger partial charge on any atom is -0.438 e. The molecule has 2 heterocycles. The molecule has 1 unspecified atom stereocenters.